The fraction of sp³-hybridized carbons (Fsp3) is 0.389. The first kappa shape index (κ1) is 15.8. The Balaban J connectivity index is 2.21. The fourth-order valence-electron chi connectivity index (χ4n) is 2.24. The van der Waals surface area contributed by atoms with E-state index >= 15 is 0 Å². The highest BCUT2D eigenvalue weighted by Crippen LogP contribution is 2.24. The molecule has 0 spiro atoms. The van der Waals surface area contributed by atoms with Crippen LogP contribution in [0.2, 0.25) is 0 Å². The van der Waals surface area contributed by atoms with E-state index in [0.29, 0.717) is 0 Å². The predicted molar refractivity (Wildman–Crippen MR) is 89.8 cm³/mol. The minimum Gasteiger partial charge on any atom is -0.353 e. The quantitative estimate of drug-likeness (QED) is 0.847. The van der Waals surface area contributed by atoms with Gasteiger partial charge in [0.25, 0.3) is 0 Å². The van der Waals surface area contributed by atoms with Crippen LogP contribution < -0.4 is 5.32 Å². The van der Waals surface area contributed by atoms with Gasteiger partial charge in [0.05, 0.1) is 5.92 Å². The minimum atomic E-state index is -0.113. The van der Waals surface area contributed by atoms with Crippen LogP contribution in [0.25, 0.3) is 0 Å². The number of carbonyl (C=O) groups excluding carboxylic acids is 1. The first-order valence-corrected chi connectivity index (χ1v) is 8.37. The van der Waals surface area contributed by atoms with Crippen LogP contribution in [-0.4, -0.2) is 11.9 Å². The second-order valence-corrected chi connectivity index (χ2v) is 6.60. The highest BCUT2D eigenvalue weighted by atomic mass is 32.1. The molecule has 2 unspecified atom stereocenters. The van der Waals surface area contributed by atoms with Crippen LogP contribution in [0.1, 0.15) is 42.2 Å². The standard InChI is InChI=1S/C18H23NOS/c1-4-14(3)19-18(20)17(12-16-6-5-11-21-16)15-9-7-13(2)8-10-15/h5-11,14,17H,4,12H2,1-3H3,(H,19,20). The Hall–Kier alpha value is -1.61. The monoisotopic (exact) mass is 301 g/mol. The maximum absolute atomic E-state index is 12.6. The van der Waals surface area contributed by atoms with Crippen molar-refractivity contribution in [3.63, 3.8) is 0 Å². The van der Waals surface area contributed by atoms with E-state index in [1.807, 2.05) is 6.07 Å². The molecule has 2 aromatic rings. The average Bonchev–Trinajstić information content (AvgIpc) is 2.98. The molecule has 3 heteroatoms. The summed E-state index contributed by atoms with van der Waals surface area (Å²) < 4.78 is 0. The lowest BCUT2D eigenvalue weighted by atomic mass is 9.93. The lowest BCUT2D eigenvalue weighted by molar-refractivity contribution is -0.123. The summed E-state index contributed by atoms with van der Waals surface area (Å²) in [7, 11) is 0. The Morgan fingerprint density at radius 2 is 1.95 bits per heavy atom. The van der Waals surface area contributed by atoms with Crippen molar-refractivity contribution in [1.82, 2.24) is 5.32 Å². The zero-order chi connectivity index (χ0) is 15.2. The minimum absolute atomic E-state index is 0.113. The molecule has 1 heterocycles. The smallest absolute Gasteiger partial charge is 0.228 e. The summed E-state index contributed by atoms with van der Waals surface area (Å²) in [5.41, 5.74) is 2.31. The van der Waals surface area contributed by atoms with Gasteiger partial charge in [-0.2, -0.15) is 0 Å². The molecule has 0 aliphatic carbocycles. The average molecular weight is 301 g/mol. The van der Waals surface area contributed by atoms with Gasteiger partial charge in [-0.1, -0.05) is 42.8 Å². The lowest BCUT2D eigenvalue weighted by Gasteiger charge is -2.20. The number of aryl methyl sites for hydroxylation is 1. The van der Waals surface area contributed by atoms with Gasteiger partial charge in [-0.15, -0.1) is 11.3 Å². The van der Waals surface area contributed by atoms with E-state index in [9.17, 15) is 4.79 Å². The van der Waals surface area contributed by atoms with Gasteiger partial charge in [0, 0.05) is 10.9 Å². The zero-order valence-electron chi connectivity index (χ0n) is 12.9. The molecule has 0 aliphatic rings. The second kappa shape index (κ2) is 7.41. The number of benzene rings is 1. The Morgan fingerprint density at radius 1 is 1.24 bits per heavy atom. The van der Waals surface area contributed by atoms with Crippen molar-refractivity contribution in [3.05, 3.63) is 57.8 Å². The summed E-state index contributed by atoms with van der Waals surface area (Å²) in [5.74, 6) is 0.0138. The summed E-state index contributed by atoms with van der Waals surface area (Å²) in [6.45, 7) is 6.21. The molecule has 0 bridgehead atoms. The van der Waals surface area contributed by atoms with Crippen molar-refractivity contribution >= 4 is 17.2 Å². The Kier molecular flexibility index (Phi) is 5.57. The van der Waals surface area contributed by atoms with Crippen LogP contribution >= 0.6 is 11.3 Å². The van der Waals surface area contributed by atoms with E-state index in [4.69, 9.17) is 0 Å². The summed E-state index contributed by atoms with van der Waals surface area (Å²) in [5, 5.41) is 5.18. The van der Waals surface area contributed by atoms with Crippen LogP contribution in [0.15, 0.2) is 41.8 Å². The maximum atomic E-state index is 12.6. The molecule has 2 atom stereocenters. The third-order valence-electron chi connectivity index (χ3n) is 3.78. The number of rotatable bonds is 6. The zero-order valence-corrected chi connectivity index (χ0v) is 13.7. The molecule has 1 amide bonds. The first-order valence-electron chi connectivity index (χ1n) is 7.49. The molecule has 21 heavy (non-hydrogen) atoms. The van der Waals surface area contributed by atoms with Gasteiger partial charge >= 0.3 is 0 Å². The molecule has 2 nitrogen and oxygen atoms in total. The van der Waals surface area contributed by atoms with E-state index in [0.717, 1.165) is 18.4 Å². The van der Waals surface area contributed by atoms with E-state index < -0.39 is 0 Å². The topological polar surface area (TPSA) is 29.1 Å². The van der Waals surface area contributed by atoms with Crippen molar-refractivity contribution in [2.24, 2.45) is 0 Å². The second-order valence-electron chi connectivity index (χ2n) is 5.56. The molecule has 0 saturated heterocycles. The third-order valence-corrected chi connectivity index (χ3v) is 4.68. The van der Waals surface area contributed by atoms with Gasteiger partial charge in [0.2, 0.25) is 5.91 Å². The van der Waals surface area contributed by atoms with Gasteiger partial charge in [-0.25, -0.2) is 0 Å². The van der Waals surface area contributed by atoms with Gasteiger partial charge in [-0.3, -0.25) is 4.79 Å². The normalized spacial score (nSPS) is 13.7. The molecule has 0 radical (unpaired) electrons. The number of nitrogens with one attached hydrogen (secondary N) is 1. The van der Waals surface area contributed by atoms with E-state index in [-0.39, 0.29) is 17.9 Å². The van der Waals surface area contributed by atoms with Crippen LogP contribution in [0.3, 0.4) is 0 Å². The Bertz CT molecular complexity index is 559. The van der Waals surface area contributed by atoms with E-state index in [1.165, 1.54) is 10.4 Å². The molecular formula is C18H23NOS. The molecule has 0 aliphatic heterocycles. The third kappa shape index (κ3) is 4.43. The number of carbonyl (C=O) groups is 1. The molecule has 0 fully saturated rings. The highest BCUT2D eigenvalue weighted by Gasteiger charge is 2.22. The Morgan fingerprint density at radius 3 is 2.52 bits per heavy atom. The fourth-order valence-corrected chi connectivity index (χ4v) is 2.99. The number of hydrogen-bond donors (Lipinski definition) is 1. The van der Waals surface area contributed by atoms with Crippen molar-refractivity contribution < 1.29 is 4.79 Å². The molecule has 112 valence electrons. The van der Waals surface area contributed by atoms with Crippen LogP contribution in [0.5, 0.6) is 0 Å². The van der Waals surface area contributed by atoms with Crippen LogP contribution in [0.4, 0.5) is 0 Å². The molecule has 1 N–H and O–H groups in total. The van der Waals surface area contributed by atoms with Gasteiger partial charge < -0.3 is 5.32 Å². The number of thiophene rings is 1. The molecular weight excluding hydrogens is 278 g/mol. The predicted octanol–water partition coefficient (Wildman–Crippen LogP) is 4.30. The van der Waals surface area contributed by atoms with Crippen LogP contribution in [0, 0.1) is 6.92 Å². The number of amides is 1. The summed E-state index contributed by atoms with van der Waals surface area (Å²) in [4.78, 5) is 13.9. The van der Waals surface area contributed by atoms with E-state index in [1.54, 1.807) is 11.3 Å². The molecule has 2 rings (SSSR count). The van der Waals surface area contributed by atoms with Gasteiger partial charge in [0.15, 0.2) is 0 Å². The van der Waals surface area contributed by atoms with Crippen molar-refractivity contribution in [2.45, 2.75) is 45.6 Å². The summed E-state index contributed by atoms with van der Waals surface area (Å²) in [6, 6.07) is 12.7. The molecule has 1 aromatic carbocycles. The summed E-state index contributed by atoms with van der Waals surface area (Å²) in [6.07, 6.45) is 1.72. The van der Waals surface area contributed by atoms with Gasteiger partial charge in [-0.05, 0) is 43.7 Å². The summed E-state index contributed by atoms with van der Waals surface area (Å²) >= 11 is 1.71. The first-order chi connectivity index (χ1) is 10.1. The van der Waals surface area contributed by atoms with Crippen molar-refractivity contribution in [2.75, 3.05) is 0 Å². The lowest BCUT2D eigenvalue weighted by Crippen LogP contribution is -2.36. The van der Waals surface area contributed by atoms with Gasteiger partial charge in [0.1, 0.15) is 0 Å². The maximum Gasteiger partial charge on any atom is 0.228 e. The van der Waals surface area contributed by atoms with E-state index in [2.05, 4.69) is 61.8 Å². The molecule has 1 aromatic heterocycles. The highest BCUT2D eigenvalue weighted by molar-refractivity contribution is 7.09. The van der Waals surface area contributed by atoms with Crippen molar-refractivity contribution in [3.8, 4) is 0 Å². The molecule has 0 saturated carbocycles. The SMILES string of the molecule is CCC(C)NC(=O)C(Cc1cccs1)c1ccc(C)cc1. The largest absolute Gasteiger partial charge is 0.353 e. The van der Waals surface area contributed by atoms with Crippen molar-refractivity contribution in [1.29, 1.82) is 0 Å². The van der Waals surface area contributed by atoms with Crippen LogP contribution in [-0.2, 0) is 11.2 Å². The Labute approximate surface area is 131 Å². The number of hydrogen-bond acceptors (Lipinski definition) is 2.